The quantitative estimate of drug-likeness (QED) is 0.502. The molecule has 6 heteroatoms. The summed E-state index contributed by atoms with van der Waals surface area (Å²) in [6, 6.07) is 12.5. The van der Waals surface area contributed by atoms with Crippen LogP contribution in [-0.4, -0.2) is 17.4 Å². The van der Waals surface area contributed by atoms with Crippen molar-refractivity contribution in [2.75, 3.05) is 6.54 Å². The minimum absolute atomic E-state index is 0.264. The van der Waals surface area contributed by atoms with Gasteiger partial charge in [0.15, 0.2) is 0 Å². The number of hydrogen-bond acceptors (Lipinski definition) is 4. The molecule has 1 N–H and O–H groups in total. The van der Waals surface area contributed by atoms with Crippen LogP contribution in [0, 0.1) is 10.1 Å². The van der Waals surface area contributed by atoms with E-state index >= 15 is 0 Å². The van der Waals surface area contributed by atoms with Gasteiger partial charge in [-0.1, -0.05) is 30.3 Å². The second kappa shape index (κ2) is 7.04. The first kappa shape index (κ1) is 14.5. The fraction of sp³-hybridized carbons (Fsp3) is 0.133. The molecule has 0 aliphatic rings. The molecule has 1 aromatic heterocycles. The van der Waals surface area contributed by atoms with E-state index in [1.165, 1.54) is 24.3 Å². The summed E-state index contributed by atoms with van der Waals surface area (Å²) in [7, 11) is 0. The normalized spacial score (nSPS) is 10.7. The van der Waals surface area contributed by atoms with Gasteiger partial charge >= 0.3 is 5.88 Å². The van der Waals surface area contributed by atoms with Crippen molar-refractivity contribution < 1.29 is 14.1 Å². The molecule has 108 valence electrons. The number of nitrogens with zero attached hydrogens (tertiary/aromatic N) is 1. The molecule has 0 spiro atoms. The highest BCUT2D eigenvalue weighted by Gasteiger charge is 2.09. The van der Waals surface area contributed by atoms with Crippen LogP contribution in [0.15, 0.2) is 53.0 Å². The monoisotopic (exact) mass is 286 g/mol. The molecule has 0 saturated carbocycles. The van der Waals surface area contributed by atoms with Crippen LogP contribution in [0.25, 0.3) is 6.08 Å². The first-order chi connectivity index (χ1) is 10.1. The van der Waals surface area contributed by atoms with Crippen molar-refractivity contribution in [3.63, 3.8) is 0 Å². The standard InChI is InChI=1S/C15H14N2O4/c18-14(16-11-10-12-4-2-1-3-5-12)8-6-13-7-9-15(21-13)17(19)20/h1-9H,10-11H2,(H,16,18)/b8-6+. The number of carbonyl (C=O) groups is 1. The van der Waals surface area contributed by atoms with Crippen molar-refractivity contribution >= 4 is 17.9 Å². The van der Waals surface area contributed by atoms with E-state index in [9.17, 15) is 14.9 Å². The van der Waals surface area contributed by atoms with E-state index in [-0.39, 0.29) is 17.6 Å². The lowest BCUT2D eigenvalue weighted by Gasteiger charge is -2.02. The Bertz CT molecular complexity index is 647. The van der Waals surface area contributed by atoms with Crippen molar-refractivity contribution in [3.8, 4) is 0 Å². The summed E-state index contributed by atoms with van der Waals surface area (Å²) >= 11 is 0. The molecule has 0 saturated heterocycles. The van der Waals surface area contributed by atoms with E-state index < -0.39 is 4.92 Å². The molecule has 0 atom stereocenters. The minimum atomic E-state index is -0.628. The number of nitrogens with one attached hydrogen (secondary N) is 1. The van der Waals surface area contributed by atoms with Crippen LogP contribution in [0.3, 0.4) is 0 Å². The molecule has 0 aliphatic heterocycles. The molecule has 2 rings (SSSR count). The lowest BCUT2D eigenvalue weighted by molar-refractivity contribution is -0.402. The van der Waals surface area contributed by atoms with Crippen LogP contribution < -0.4 is 5.32 Å². The van der Waals surface area contributed by atoms with Gasteiger partial charge in [-0.3, -0.25) is 14.9 Å². The van der Waals surface area contributed by atoms with Crippen LogP contribution in [0.4, 0.5) is 5.88 Å². The molecule has 21 heavy (non-hydrogen) atoms. The molecular weight excluding hydrogens is 272 g/mol. The Morgan fingerprint density at radius 1 is 1.24 bits per heavy atom. The summed E-state index contributed by atoms with van der Waals surface area (Å²) in [6.45, 7) is 0.519. The van der Waals surface area contributed by atoms with E-state index in [0.717, 1.165) is 12.0 Å². The number of furan rings is 1. The maximum atomic E-state index is 11.6. The number of nitro groups is 1. The maximum Gasteiger partial charge on any atom is 0.433 e. The molecule has 0 unspecified atom stereocenters. The van der Waals surface area contributed by atoms with Crippen LogP contribution in [0.2, 0.25) is 0 Å². The summed E-state index contributed by atoms with van der Waals surface area (Å²) < 4.78 is 4.90. The van der Waals surface area contributed by atoms with Crippen molar-refractivity contribution in [1.29, 1.82) is 0 Å². The summed E-state index contributed by atoms with van der Waals surface area (Å²) in [5.41, 5.74) is 1.14. The Labute approximate surface area is 121 Å². The van der Waals surface area contributed by atoms with Gasteiger partial charge in [0.05, 0.1) is 6.07 Å². The van der Waals surface area contributed by atoms with E-state index in [1.54, 1.807) is 0 Å². The van der Waals surface area contributed by atoms with E-state index in [4.69, 9.17) is 4.42 Å². The predicted molar refractivity (Wildman–Crippen MR) is 77.6 cm³/mol. The minimum Gasteiger partial charge on any atom is -0.401 e. The van der Waals surface area contributed by atoms with Gasteiger partial charge in [0.25, 0.3) is 0 Å². The average Bonchev–Trinajstić information content (AvgIpc) is 2.95. The van der Waals surface area contributed by atoms with Gasteiger partial charge in [-0.15, -0.1) is 0 Å². The van der Waals surface area contributed by atoms with Crippen molar-refractivity contribution in [2.24, 2.45) is 0 Å². The lowest BCUT2D eigenvalue weighted by atomic mass is 10.1. The second-order valence-corrected chi connectivity index (χ2v) is 4.29. The fourth-order valence-corrected chi connectivity index (χ4v) is 1.72. The van der Waals surface area contributed by atoms with Gasteiger partial charge in [-0.05, 0) is 24.1 Å². The number of benzene rings is 1. The first-order valence-corrected chi connectivity index (χ1v) is 6.39. The highest BCUT2D eigenvalue weighted by molar-refractivity contribution is 5.91. The molecule has 0 radical (unpaired) electrons. The highest BCUT2D eigenvalue weighted by atomic mass is 16.6. The zero-order valence-electron chi connectivity index (χ0n) is 11.2. The SMILES string of the molecule is O=C(/C=C/c1ccc([N+](=O)[O-])o1)NCCc1ccccc1. The first-order valence-electron chi connectivity index (χ1n) is 6.39. The maximum absolute atomic E-state index is 11.6. The molecule has 2 aromatic rings. The van der Waals surface area contributed by atoms with E-state index in [1.807, 2.05) is 30.3 Å². The van der Waals surface area contributed by atoms with Crippen LogP contribution >= 0.6 is 0 Å². The lowest BCUT2D eigenvalue weighted by Crippen LogP contribution is -2.23. The third kappa shape index (κ3) is 4.61. The molecule has 0 aliphatic carbocycles. The summed E-state index contributed by atoms with van der Waals surface area (Å²) in [5, 5.41) is 13.2. The fourth-order valence-electron chi connectivity index (χ4n) is 1.72. The third-order valence-corrected chi connectivity index (χ3v) is 2.75. The largest absolute Gasteiger partial charge is 0.433 e. The van der Waals surface area contributed by atoms with Gasteiger partial charge in [-0.25, -0.2) is 0 Å². The highest BCUT2D eigenvalue weighted by Crippen LogP contribution is 2.16. The van der Waals surface area contributed by atoms with E-state index in [0.29, 0.717) is 6.54 Å². The van der Waals surface area contributed by atoms with Crippen LogP contribution in [0.5, 0.6) is 0 Å². The molecule has 1 heterocycles. The zero-order chi connectivity index (χ0) is 15.1. The molecular formula is C15H14N2O4. The van der Waals surface area contributed by atoms with Crippen molar-refractivity contribution in [1.82, 2.24) is 5.32 Å². The van der Waals surface area contributed by atoms with Crippen molar-refractivity contribution in [3.05, 3.63) is 70.0 Å². The van der Waals surface area contributed by atoms with Crippen LogP contribution in [0.1, 0.15) is 11.3 Å². The number of hydrogen-bond donors (Lipinski definition) is 1. The molecule has 6 nitrogen and oxygen atoms in total. The Balaban J connectivity index is 1.78. The predicted octanol–water partition coefficient (Wildman–Crippen LogP) is 2.56. The molecule has 1 aromatic carbocycles. The third-order valence-electron chi connectivity index (χ3n) is 2.75. The number of carbonyl (C=O) groups excluding carboxylic acids is 1. The van der Waals surface area contributed by atoms with Gasteiger partial charge in [0.1, 0.15) is 10.7 Å². The van der Waals surface area contributed by atoms with E-state index in [2.05, 4.69) is 5.32 Å². The number of amides is 1. The van der Waals surface area contributed by atoms with Gasteiger partial charge < -0.3 is 9.73 Å². The summed E-state index contributed by atoms with van der Waals surface area (Å²) in [6.07, 6.45) is 3.42. The topological polar surface area (TPSA) is 85.4 Å². The van der Waals surface area contributed by atoms with Gasteiger partial charge in [0, 0.05) is 12.6 Å². The number of rotatable bonds is 6. The van der Waals surface area contributed by atoms with Gasteiger partial charge in [0.2, 0.25) is 5.91 Å². The molecule has 0 fully saturated rings. The average molecular weight is 286 g/mol. The Morgan fingerprint density at radius 2 is 2.00 bits per heavy atom. The Hall–Kier alpha value is -2.89. The second-order valence-electron chi connectivity index (χ2n) is 4.29. The summed E-state index contributed by atoms with van der Waals surface area (Å²) in [4.78, 5) is 21.4. The summed E-state index contributed by atoms with van der Waals surface area (Å²) in [5.74, 6) is -0.357. The van der Waals surface area contributed by atoms with Crippen LogP contribution in [-0.2, 0) is 11.2 Å². The Morgan fingerprint density at radius 3 is 2.67 bits per heavy atom. The smallest absolute Gasteiger partial charge is 0.401 e. The molecule has 0 bridgehead atoms. The Kier molecular flexibility index (Phi) is 4.87. The van der Waals surface area contributed by atoms with Crippen molar-refractivity contribution in [2.45, 2.75) is 6.42 Å². The zero-order valence-corrected chi connectivity index (χ0v) is 11.2. The molecule has 1 amide bonds. The van der Waals surface area contributed by atoms with Gasteiger partial charge in [-0.2, -0.15) is 0 Å².